The number of anilines is 1. The van der Waals surface area contributed by atoms with Crippen molar-refractivity contribution in [1.29, 1.82) is 0 Å². The number of likely N-dealkylation sites (tertiary alicyclic amines) is 1. The van der Waals surface area contributed by atoms with Crippen molar-refractivity contribution < 1.29 is 27.8 Å². The van der Waals surface area contributed by atoms with Crippen molar-refractivity contribution in [3.8, 4) is 16.9 Å². The summed E-state index contributed by atoms with van der Waals surface area (Å²) in [6, 6.07) is 7.99. The zero-order valence-electron chi connectivity index (χ0n) is 17.1. The van der Waals surface area contributed by atoms with E-state index in [4.69, 9.17) is 4.74 Å². The number of halogens is 3. The average molecular weight is 432 g/mol. The summed E-state index contributed by atoms with van der Waals surface area (Å²) in [6.45, 7) is 1.77. The third-order valence-electron chi connectivity index (χ3n) is 6.84. The van der Waals surface area contributed by atoms with Gasteiger partial charge in [-0.15, -0.1) is 0 Å². The number of ether oxygens (including phenoxy) is 1. The lowest BCUT2D eigenvalue weighted by Crippen LogP contribution is -2.48. The molecule has 0 spiro atoms. The first-order chi connectivity index (χ1) is 14.8. The summed E-state index contributed by atoms with van der Waals surface area (Å²) in [4.78, 5) is 15.3. The molecule has 0 aliphatic carbocycles. The van der Waals surface area contributed by atoms with Gasteiger partial charge in [0.1, 0.15) is 5.75 Å². The number of hydrogen-bond acceptors (Lipinski definition) is 3. The number of fused-ring (bicyclic) bond motifs is 3. The van der Waals surface area contributed by atoms with Crippen molar-refractivity contribution in [3.05, 3.63) is 47.0 Å². The molecule has 0 saturated carbocycles. The molecule has 0 unspecified atom stereocenters. The molecular weight excluding hydrogens is 409 g/mol. The highest BCUT2D eigenvalue weighted by Crippen LogP contribution is 2.51. The van der Waals surface area contributed by atoms with Gasteiger partial charge < -0.3 is 19.6 Å². The quantitative estimate of drug-likeness (QED) is 0.727. The fourth-order valence-electron chi connectivity index (χ4n) is 5.51. The highest BCUT2D eigenvalue weighted by molar-refractivity contribution is 5.79. The normalized spacial score (nSPS) is 22.2. The molecule has 5 rings (SSSR count). The summed E-state index contributed by atoms with van der Waals surface area (Å²) in [5, 5.41) is 9.48. The molecule has 8 heteroatoms. The van der Waals surface area contributed by atoms with Crippen LogP contribution in [0.15, 0.2) is 30.3 Å². The first-order valence-corrected chi connectivity index (χ1v) is 10.4. The van der Waals surface area contributed by atoms with Gasteiger partial charge in [-0.25, -0.2) is 4.79 Å². The number of amides is 1. The number of piperidine rings is 1. The predicted octanol–water partition coefficient (Wildman–Crippen LogP) is 4.98. The van der Waals surface area contributed by atoms with Crippen LogP contribution in [-0.2, 0) is 12.6 Å². The Kier molecular flexibility index (Phi) is 4.57. The van der Waals surface area contributed by atoms with Crippen LogP contribution in [0.3, 0.4) is 0 Å². The molecule has 0 aromatic heterocycles. The van der Waals surface area contributed by atoms with Gasteiger partial charge >= 0.3 is 12.3 Å². The predicted molar refractivity (Wildman–Crippen MR) is 110 cm³/mol. The van der Waals surface area contributed by atoms with Gasteiger partial charge in [0.25, 0.3) is 0 Å². The number of methoxy groups -OCH3 is 1. The van der Waals surface area contributed by atoms with E-state index in [0.29, 0.717) is 18.7 Å². The van der Waals surface area contributed by atoms with Crippen LogP contribution in [0.4, 0.5) is 23.7 Å². The zero-order chi connectivity index (χ0) is 21.9. The third-order valence-corrected chi connectivity index (χ3v) is 6.84. The number of nitrogens with zero attached hydrogens (tertiary/aromatic N) is 2. The largest absolute Gasteiger partial charge is 0.497 e. The van der Waals surface area contributed by atoms with Gasteiger partial charge in [0.2, 0.25) is 0 Å². The molecule has 3 aliphatic heterocycles. The molecule has 2 aromatic carbocycles. The van der Waals surface area contributed by atoms with E-state index in [1.54, 1.807) is 6.07 Å². The Morgan fingerprint density at radius 2 is 2.00 bits per heavy atom. The molecule has 2 atom stereocenters. The van der Waals surface area contributed by atoms with Crippen LogP contribution in [0.5, 0.6) is 5.75 Å². The van der Waals surface area contributed by atoms with Gasteiger partial charge in [-0.1, -0.05) is 6.07 Å². The minimum atomic E-state index is -4.51. The van der Waals surface area contributed by atoms with Crippen molar-refractivity contribution >= 4 is 11.8 Å². The van der Waals surface area contributed by atoms with E-state index in [9.17, 15) is 23.1 Å². The van der Waals surface area contributed by atoms with Crippen molar-refractivity contribution in [3.63, 3.8) is 0 Å². The molecule has 5 nitrogen and oxygen atoms in total. The maximum atomic E-state index is 13.9. The number of rotatable bonds is 2. The van der Waals surface area contributed by atoms with Crippen molar-refractivity contribution in [1.82, 2.24) is 4.90 Å². The topological polar surface area (TPSA) is 53.0 Å². The summed E-state index contributed by atoms with van der Waals surface area (Å²) in [7, 11) is 1.35. The number of carboxylic acid groups (broad SMARTS) is 1. The Bertz CT molecular complexity index is 1050. The molecular formula is C23H23F3N2O3. The highest BCUT2D eigenvalue weighted by atomic mass is 19.4. The lowest BCUT2D eigenvalue weighted by molar-refractivity contribution is -0.137. The Balaban J connectivity index is 1.65. The zero-order valence-corrected chi connectivity index (χ0v) is 17.1. The molecule has 3 heterocycles. The average Bonchev–Trinajstić information content (AvgIpc) is 3.07. The van der Waals surface area contributed by atoms with E-state index in [1.165, 1.54) is 18.1 Å². The van der Waals surface area contributed by atoms with Gasteiger partial charge in [0.15, 0.2) is 0 Å². The summed E-state index contributed by atoms with van der Waals surface area (Å²) in [5.74, 6) is 0.137. The molecule has 1 amide bonds. The van der Waals surface area contributed by atoms with Crippen LogP contribution in [0.1, 0.15) is 35.4 Å². The summed E-state index contributed by atoms with van der Waals surface area (Å²) >= 11 is 0. The summed E-state index contributed by atoms with van der Waals surface area (Å²) in [5.41, 5.74) is 3.07. The summed E-state index contributed by atoms with van der Waals surface area (Å²) < 4.78 is 46.6. The fourth-order valence-corrected chi connectivity index (χ4v) is 5.51. The van der Waals surface area contributed by atoms with Crippen LogP contribution >= 0.6 is 0 Å². The van der Waals surface area contributed by atoms with Crippen LogP contribution in [0, 0.1) is 0 Å². The van der Waals surface area contributed by atoms with Crippen molar-refractivity contribution in [2.24, 2.45) is 0 Å². The molecule has 0 radical (unpaired) electrons. The van der Waals surface area contributed by atoms with E-state index >= 15 is 0 Å². The number of aryl methyl sites for hydroxylation is 1. The monoisotopic (exact) mass is 432 g/mol. The second kappa shape index (κ2) is 7.07. The smallest absolute Gasteiger partial charge is 0.417 e. The number of alkyl halides is 3. The minimum Gasteiger partial charge on any atom is -0.497 e. The third kappa shape index (κ3) is 3.20. The molecule has 164 valence electrons. The second-order valence-corrected chi connectivity index (χ2v) is 8.47. The lowest BCUT2D eigenvalue weighted by atomic mass is 9.86. The first-order valence-electron chi connectivity index (χ1n) is 10.4. The van der Waals surface area contributed by atoms with Gasteiger partial charge in [0, 0.05) is 37.3 Å². The fraction of sp³-hybridized carbons (Fsp3) is 0.435. The minimum absolute atomic E-state index is 0.0239. The van der Waals surface area contributed by atoms with Gasteiger partial charge in [-0.3, -0.25) is 0 Å². The van der Waals surface area contributed by atoms with Gasteiger partial charge in [-0.2, -0.15) is 13.2 Å². The van der Waals surface area contributed by atoms with Crippen molar-refractivity contribution in [2.75, 3.05) is 31.6 Å². The van der Waals surface area contributed by atoms with E-state index < -0.39 is 17.8 Å². The Labute approximate surface area is 178 Å². The second-order valence-electron chi connectivity index (χ2n) is 8.47. The van der Waals surface area contributed by atoms with Crippen LogP contribution in [-0.4, -0.2) is 48.9 Å². The Morgan fingerprint density at radius 1 is 1.19 bits per heavy atom. The molecule has 1 N–H and O–H groups in total. The van der Waals surface area contributed by atoms with E-state index in [-0.39, 0.29) is 23.3 Å². The molecule has 1 saturated heterocycles. The molecule has 0 bridgehead atoms. The number of carbonyl (C=O) groups is 1. The van der Waals surface area contributed by atoms with E-state index in [1.807, 2.05) is 12.1 Å². The first kappa shape index (κ1) is 20.0. The standard InChI is InChI=1S/C23H23F3N2O3/c1-31-15-4-5-16(19(11-15)23(24,25)26)14-9-13-3-2-7-28-20-6-8-27(22(29)30)12-18(20)17(10-14)21(13)28/h4-5,9-11,18,20H,2-3,6-8,12H2,1H3,(H,29,30)/t18-,20-/m0/s1. The number of hydrogen-bond donors (Lipinski definition) is 1. The molecule has 3 aliphatic rings. The molecule has 31 heavy (non-hydrogen) atoms. The van der Waals surface area contributed by atoms with Crippen LogP contribution in [0.25, 0.3) is 11.1 Å². The van der Waals surface area contributed by atoms with Crippen LogP contribution < -0.4 is 9.64 Å². The summed E-state index contributed by atoms with van der Waals surface area (Å²) in [6.07, 6.45) is -2.97. The lowest BCUT2D eigenvalue weighted by Gasteiger charge is -2.39. The highest BCUT2D eigenvalue weighted by Gasteiger charge is 2.45. The maximum Gasteiger partial charge on any atom is 0.417 e. The molecule has 1 fully saturated rings. The Hall–Kier alpha value is -2.90. The van der Waals surface area contributed by atoms with E-state index in [0.717, 1.165) is 48.7 Å². The molecule has 2 aromatic rings. The van der Waals surface area contributed by atoms with Gasteiger partial charge in [0.05, 0.1) is 12.7 Å². The van der Waals surface area contributed by atoms with Crippen LogP contribution in [0.2, 0.25) is 0 Å². The number of benzene rings is 2. The van der Waals surface area contributed by atoms with E-state index in [2.05, 4.69) is 4.90 Å². The SMILES string of the molecule is COc1ccc(-c2cc3c4c(c2)[C@@H]2CN(C(=O)O)CC[C@@H]2N4CCC3)c(C(F)(F)F)c1. The Morgan fingerprint density at radius 3 is 2.71 bits per heavy atom. The van der Waals surface area contributed by atoms with Gasteiger partial charge in [-0.05, 0) is 65.8 Å². The van der Waals surface area contributed by atoms with Crippen molar-refractivity contribution in [2.45, 2.75) is 37.4 Å². The maximum absolute atomic E-state index is 13.9.